The van der Waals surface area contributed by atoms with Crippen molar-refractivity contribution in [1.29, 1.82) is 0 Å². The van der Waals surface area contributed by atoms with Gasteiger partial charge < -0.3 is 9.16 Å². The monoisotopic (exact) mass is 366 g/mol. The SMILES string of the molecule is CC1([C@H]2CC[C@H]3[C@@H](O[Si](C)(C)C(C)(C)C)CCC[C@]23C)CC(=O)CO1. The highest BCUT2D eigenvalue weighted by Crippen LogP contribution is 2.61. The molecule has 144 valence electrons. The number of Topliss-reactive ketones (excluding diaryl/α,β-unsaturated/α-hetero) is 1. The summed E-state index contributed by atoms with van der Waals surface area (Å²) >= 11 is 0. The first-order chi connectivity index (χ1) is 11.4. The molecule has 1 saturated heterocycles. The first-order valence-corrected chi connectivity index (χ1v) is 13.1. The van der Waals surface area contributed by atoms with Crippen LogP contribution in [0, 0.1) is 17.3 Å². The Morgan fingerprint density at radius 1 is 1.16 bits per heavy atom. The van der Waals surface area contributed by atoms with Gasteiger partial charge in [0, 0.05) is 12.5 Å². The van der Waals surface area contributed by atoms with Crippen LogP contribution in [-0.4, -0.2) is 32.4 Å². The lowest BCUT2D eigenvalue weighted by atomic mass is 9.60. The molecule has 5 atom stereocenters. The van der Waals surface area contributed by atoms with E-state index in [1.54, 1.807) is 0 Å². The zero-order valence-corrected chi connectivity index (χ0v) is 18.4. The first-order valence-electron chi connectivity index (χ1n) is 10.2. The summed E-state index contributed by atoms with van der Waals surface area (Å²) in [6, 6.07) is 0. The van der Waals surface area contributed by atoms with Gasteiger partial charge in [0.1, 0.15) is 6.61 Å². The van der Waals surface area contributed by atoms with Gasteiger partial charge in [0.25, 0.3) is 0 Å². The van der Waals surface area contributed by atoms with Gasteiger partial charge in [-0.1, -0.05) is 34.1 Å². The Balaban J connectivity index is 1.81. The average Bonchev–Trinajstić information content (AvgIpc) is 2.98. The van der Waals surface area contributed by atoms with Gasteiger partial charge in [0.2, 0.25) is 0 Å². The van der Waals surface area contributed by atoms with Gasteiger partial charge in [-0.05, 0) is 68.0 Å². The Hall–Kier alpha value is -0.193. The number of carbonyl (C=O) groups is 1. The lowest BCUT2D eigenvalue weighted by Crippen LogP contribution is -2.52. The van der Waals surface area contributed by atoms with Gasteiger partial charge in [-0.3, -0.25) is 4.79 Å². The minimum Gasteiger partial charge on any atom is -0.414 e. The number of hydrogen-bond acceptors (Lipinski definition) is 3. The van der Waals surface area contributed by atoms with Crippen LogP contribution < -0.4 is 0 Å². The van der Waals surface area contributed by atoms with Crippen molar-refractivity contribution in [2.24, 2.45) is 17.3 Å². The van der Waals surface area contributed by atoms with Crippen molar-refractivity contribution in [2.45, 2.75) is 103 Å². The summed E-state index contributed by atoms with van der Waals surface area (Å²) in [5.41, 5.74) is 0.00407. The van der Waals surface area contributed by atoms with E-state index >= 15 is 0 Å². The number of rotatable bonds is 3. The highest BCUT2D eigenvalue weighted by atomic mass is 28.4. The number of carbonyl (C=O) groups excluding carboxylic acids is 1. The first kappa shape index (κ1) is 19.6. The van der Waals surface area contributed by atoms with Gasteiger partial charge in [-0.15, -0.1) is 0 Å². The molecule has 3 rings (SSSR count). The van der Waals surface area contributed by atoms with E-state index in [2.05, 4.69) is 47.7 Å². The molecule has 0 aromatic rings. The van der Waals surface area contributed by atoms with Crippen LogP contribution in [0.5, 0.6) is 0 Å². The van der Waals surface area contributed by atoms with Crippen LogP contribution in [-0.2, 0) is 14.0 Å². The largest absolute Gasteiger partial charge is 0.414 e. The zero-order chi connectivity index (χ0) is 18.7. The second kappa shape index (κ2) is 6.17. The minimum atomic E-state index is -1.75. The van der Waals surface area contributed by atoms with E-state index in [4.69, 9.17) is 9.16 Å². The van der Waals surface area contributed by atoms with E-state index in [-0.39, 0.29) is 21.8 Å². The normalized spacial score (nSPS) is 42.7. The summed E-state index contributed by atoms with van der Waals surface area (Å²) in [7, 11) is -1.75. The topological polar surface area (TPSA) is 35.5 Å². The molecule has 2 saturated carbocycles. The molecule has 1 aliphatic heterocycles. The molecule has 0 radical (unpaired) electrons. The van der Waals surface area contributed by atoms with Gasteiger partial charge in [0.15, 0.2) is 14.1 Å². The molecule has 1 heterocycles. The van der Waals surface area contributed by atoms with Crippen LogP contribution in [0.4, 0.5) is 0 Å². The molecule has 2 aliphatic carbocycles. The molecular weight excluding hydrogens is 328 g/mol. The van der Waals surface area contributed by atoms with Gasteiger partial charge in [0.05, 0.1) is 5.60 Å². The third-order valence-electron chi connectivity index (χ3n) is 8.16. The van der Waals surface area contributed by atoms with Crippen molar-refractivity contribution in [3.63, 3.8) is 0 Å². The lowest BCUT2D eigenvalue weighted by molar-refractivity contribution is -0.118. The van der Waals surface area contributed by atoms with E-state index in [0.29, 0.717) is 31.0 Å². The Morgan fingerprint density at radius 3 is 2.40 bits per heavy atom. The maximum atomic E-state index is 11.9. The Morgan fingerprint density at radius 2 is 1.84 bits per heavy atom. The van der Waals surface area contributed by atoms with Crippen LogP contribution >= 0.6 is 0 Å². The fourth-order valence-electron chi connectivity index (χ4n) is 5.78. The summed E-state index contributed by atoms with van der Waals surface area (Å²) in [6.07, 6.45) is 7.12. The molecule has 0 N–H and O–H groups in total. The van der Waals surface area contributed by atoms with Crippen LogP contribution in [0.25, 0.3) is 0 Å². The third-order valence-corrected chi connectivity index (χ3v) is 12.7. The van der Waals surface area contributed by atoms with Crippen molar-refractivity contribution >= 4 is 14.1 Å². The standard InChI is InChI=1S/C21H38O3Si/c1-19(2,3)25(6,7)24-17-9-8-12-20(4)16(17)10-11-18(20)21(5)13-15(22)14-23-21/h16-18H,8-14H2,1-7H3/t16-,17-,18-,20-,21?/m0/s1. The van der Waals surface area contributed by atoms with Crippen molar-refractivity contribution in [3.05, 3.63) is 0 Å². The van der Waals surface area contributed by atoms with E-state index in [1.165, 1.54) is 32.1 Å². The summed E-state index contributed by atoms with van der Waals surface area (Å²) < 4.78 is 13.0. The van der Waals surface area contributed by atoms with E-state index in [0.717, 1.165) is 0 Å². The molecule has 4 heteroatoms. The predicted molar refractivity (Wildman–Crippen MR) is 104 cm³/mol. The number of fused-ring (bicyclic) bond motifs is 1. The van der Waals surface area contributed by atoms with Gasteiger partial charge >= 0.3 is 0 Å². The summed E-state index contributed by atoms with van der Waals surface area (Å²) in [5, 5.41) is 0.256. The number of ether oxygens (including phenoxy) is 1. The highest BCUT2D eigenvalue weighted by Gasteiger charge is 2.59. The average molecular weight is 367 g/mol. The molecular formula is C21H38O3Si. The van der Waals surface area contributed by atoms with Crippen molar-refractivity contribution < 1.29 is 14.0 Å². The fraction of sp³-hybridized carbons (Fsp3) is 0.952. The number of ketones is 1. The summed E-state index contributed by atoms with van der Waals surface area (Å²) in [6.45, 7) is 16.7. The highest BCUT2D eigenvalue weighted by molar-refractivity contribution is 6.74. The number of hydrogen-bond donors (Lipinski definition) is 0. The summed E-state index contributed by atoms with van der Waals surface area (Å²) in [4.78, 5) is 11.9. The summed E-state index contributed by atoms with van der Waals surface area (Å²) in [5.74, 6) is 1.39. The van der Waals surface area contributed by atoms with Gasteiger partial charge in [-0.25, -0.2) is 0 Å². The molecule has 3 nitrogen and oxygen atoms in total. The Bertz CT molecular complexity index is 538. The van der Waals surface area contributed by atoms with E-state index in [1.807, 2.05) is 0 Å². The zero-order valence-electron chi connectivity index (χ0n) is 17.4. The van der Waals surface area contributed by atoms with E-state index < -0.39 is 8.32 Å². The molecule has 0 bridgehead atoms. The molecule has 1 unspecified atom stereocenters. The van der Waals surface area contributed by atoms with Gasteiger partial charge in [-0.2, -0.15) is 0 Å². The van der Waals surface area contributed by atoms with Crippen molar-refractivity contribution in [2.75, 3.05) is 6.61 Å². The van der Waals surface area contributed by atoms with Crippen molar-refractivity contribution in [3.8, 4) is 0 Å². The smallest absolute Gasteiger partial charge is 0.192 e. The molecule has 25 heavy (non-hydrogen) atoms. The third kappa shape index (κ3) is 3.27. The maximum Gasteiger partial charge on any atom is 0.192 e. The molecule has 0 aromatic heterocycles. The second-order valence-electron chi connectivity index (χ2n) is 10.9. The lowest BCUT2D eigenvalue weighted by Gasteiger charge is -2.51. The molecule has 3 aliphatic rings. The Labute approximate surface area is 155 Å². The van der Waals surface area contributed by atoms with Crippen LogP contribution in [0.1, 0.15) is 73.1 Å². The predicted octanol–water partition coefficient (Wildman–Crippen LogP) is 5.34. The maximum absolute atomic E-state index is 11.9. The molecule has 0 aromatic carbocycles. The second-order valence-corrected chi connectivity index (χ2v) is 15.6. The molecule has 0 amide bonds. The Kier molecular flexibility index (Phi) is 4.83. The van der Waals surface area contributed by atoms with Crippen molar-refractivity contribution in [1.82, 2.24) is 0 Å². The van der Waals surface area contributed by atoms with Crippen LogP contribution in [0.15, 0.2) is 0 Å². The quantitative estimate of drug-likeness (QED) is 0.632. The minimum absolute atomic E-state index is 0.251. The van der Waals surface area contributed by atoms with E-state index in [9.17, 15) is 4.79 Å². The molecule has 3 fully saturated rings. The van der Waals surface area contributed by atoms with Crippen LogP contribution in [0.2, 0.25) is 18.1 Å². The van der Waals surface area contributed by atoms with Crippen LogP contribution in [0.3, 0.4) is 0 Å². The molecule has 0 spiro atoms. The fourth-order valence-corrected chi connectivity index (χ4v) is 7.17.